The predicted molar refractivity (Wildman–Crippen MR) is 105 cm³/mol. The van der Waals surface area contributed by atoms with Crippen molar-refractivity contribution in [2.45, 2.75) is 26.5 Å². The summed E-state index contributed by atoms with van der Waals surface area (Å²) in [5, 5.41) is 0. The minimum atomic E-state index is -0.863. The maximum absolute atomic E-state index is 12.4. The SMILES string of the molecule is CCOc1ccccc1/C=C/C(=O)O[C@H](C)C(=O)N(C)Cc1ccccc1. The van der Waals surface area contributed by atoms with E-state index in [-0.39, 0.29) is 5.91 Å². The van der Waals surface area contributed by atoms with Crippen molar-refractivity contribution in [3.8, 4) is 5.75 Å². The highest BCUT2D eigenvalue weighted by Gasteiger charge is 2.20. The third-order valence-electron chi connectivity index (χ3n) is 3.90. The van der Waals surface area contributed by atoms with Crippen LogP contribution in [-0.2, 0) is 20.9 Å². The Bertz CT molecular complexity index is 786. The molecule has 0 aliphatic carbocycles. The van der Waals surface area contributed by atoms with Crippen LogP contribution in [0.1, 0.15) is 25.0 Å². The van der Waals surface area contributed by atoms with E-state index in [0.29, 0.717) is 18.9 Å². The van der Waals surface area contributed by atoms with E-state index in [1.165, 1.54) is 6.08 Å². The number of carbonyl (C=O) groups excluding carboxylic acids is 2. The lowest BCUT2D eigenvalue weighted by molar-refractivity contribution is -0.154. The van der Waals surface area contributed by atoms with E-state index in [2.05, 4.69) is 0 Å². The van der Waals surface area contributed by atoms with Crippen LogP contribution >= 0.6 is 0 Å². The van der Waals surface area contributed by atoms with Gasteiger partial charge in [-0.15, -0.1) is 0 Å². The molecule has 27 heavy (non-hydrogen) atoms. The van der Waals surface area contributed by atoms with Gasteiger partial charge in [0.1, 0.15) is 5.75 Å². The van der Waals surface area contributed by atoms with Gasteiger partial charge in [-0.25, -0.2) is 4.79 Å². The van der Waals surface area contributed by atoms with Crippen molar-refractivity contribution in [1.82, 2.24) is 4.90 Å². The molecule has 0 N–H and O–H groups in total. The van der Waals surface area contributed by atoms with Gasteiger partial charge in [0.05, 0.1) is 6.61 Å². The Balaban J connectivity index is 1.91. The third kappa shape index (κ3) is 6.29. The molecule has 1 atom stereocenters. The minimum absolute atomic E-state index is 0.254. The van der Waals surface area contributed by atoms with E-state index < -0.39 is 12.1 Å². The van der Waals surface area contributed by atoms with Crippen molar-refractivity contribution in [3.05, 3.63) is 71.8 Å². The fourth-order valence-corrected chi connectivity index (χ4v) is 2.57. The van der Waals surface area contributed by atoms with Gasteiger partial charge < -0.3 is 14.4 Å². The number of benzene rings is 2. The van der Waals surface area contributed by atoms with Gasteiger partial charge in [0.2, 0.25) is 0 Å². The molecule has 0 spiro atoms. The van der Waals surface area contributed by atoms with E-state index in [4.69, 9.17) is 9.47 Å². The number of hydrogen-bond acceptors (Lipinski definition) is 4. The summed E-state index contributed by atoms with van der Waals surface area (Å²) in [5.74, 6) is -0.138. The summed E-state index contributed by atoms with van der Waals surface area (Å²) >= 11 is 0. The van der Waals surface area contributed by atoms with Gasteiger partial charge >= 0.3 is 5.97 Å². The number of nitrogens with zero attached hydrogens (tertiary/aromatic N) is 1. The lowest BCUT2D eigenvalue weighted by Crippen LogP contribution is -2.36. The van der Waals surface area contributed by atoms with Gasteiger partial charge in [0, 0.05) is 25.2 Å². The molecule has 1 amide bonds. The fraction of sp³-hybridized carbons (Fsp3) is 0.273. The van der Waals surface area contributed by atoms with Crippen LogP contribution in [0.4, 0.5) is 0 Å². The van der Waals surface area contributed by atoms with E-state index in [0.717, 1.165) is 11.1 Å². The van der Waals surface area contributed by atoms with Crippen LogP contribution in [0.15, 0.2) is 60.7 Å². The molecule has 0 saturated heterocycles. The molecule has 0 aliphatic rings. The molecule has 5 nitrogen and oxygen atoms in total. The van der Waals surface area contributed by atoms with Crippen LogP contribution in [0.3, 0.4) is 0 Å². The predicted octanol–water partition coefficient (Wildman–Crippen LogP) is 3.69. The first-order valence-corrected chi connectivity index (χ1v) is 8.90. The first-order chi connectivity index (χ1) is 13.0. The molecule has 2 rings (SSSR count). The summed E-state index contributed by atoms with van der Waals surface area (Å²) in [7, 11) is 1.69. The molecule has 2 aromatic rings. The van der Waals surface area contributed by atoms with Crippen molar-refractivity contribution in [3.63, 3.8) is 0 Å². The van der Waals surface area contributed by atoms with Gasteiger partial charge in [-0.1, -0.05) is 48.5 Å². The second kappa shape index (κ2) is 10.2. The highest BCUT2D eigenvalue weighted by molar-refractivity contribution is 5.90. The summed E-state index contributed by atoms with van der Waals surface area (Å²) in [6.45, 7) is 4.46. The standard InChI is InChI=1S/C22H25NO4/c1-4-26-20-13-9-8-12-19(20)14-15-21(24)27-17(2)22(25)23(3)16-18-10-6-5-7-11-18/h5-15,17H,4,16H2,1-3H3/b15-14+/t17-/m1/s1. The molecule has 2 aromatic carbocycles. The zero-order valence-corrected chi connectivity index (χ0v) is 15.9. The molecule has 0 aromatic heterocycles. The number of hydrogen-bond donors (Lipinski definition) is 0. The van der Waals surface area contributed by atoms with Crippen molar-refractivity contribution < 1.29 is 19.1 Å². The number of ether oxygens (including phenoxy) is 2. The van der Waals surface area contributed by atoms with Gasteiger partial charge in [-0.05, 0) is 31.6 Å². The van der Waals surface area contributed by atoms with Crippen LogP contribution < -0.4 is 4.74 Å². The van der Waals surface area contributed by atoms with Gasteiger partial charge in [-0.3, -0.25) is 4.79 Å². The Morgan fingerprint density at radius 1 is 1.07 bits per heavy atom. The van der Waals surface area contributed by atoms with Gasteiger partial charge in [0.15, 0.2) is 6.10 Å². The number of amides is 1. The van der Waals surface area contributed by atoms with Crippen molar-refractivity contribution in [2.75, 3.05) is 13.7 Å². The zero-order valence-electron chi connectivity index (χ0n) is 15.9. The molecular weight excluding hydrogens is 342 g/mol. The monoisotopic (exact) mass is 367 g/mol. The maximum atomic E-state index is 12.4. The van der Waals surface area contributed by atoms with Crippen molar-refractivity contribution in [2.24, 2.45) is 0 Å². The minimum Gasteiger partial charge on any atom is -0.493 e. The van der Waals surface area contributed by atoms with E-state index in [9.17, 15) is 9.59 Å². The Kier molecular flexibility index (Phi) is 7.62. The highest BCUT2D eigenvalue weighted by Crippen LogP contribution is 2.19. The van der Waals surface area contributed by atoms with Crippen LogP contribution in [0, 0.1) is 0 Å². The van der Waals surface area contributed by atoms with Crippen LogP contribution in [0.2, 0.25) is 0 Å². The van der Waals surface area contributed by atoms with Gasteiger partial charge in [-0.2, -0.15) is 0 Å². The first-order valence-electron chi connectivity index (χ1n) is 8.90. The maximum Gasteiger partial charge on any atom is 0.331 e. The zero-order chi connectivity index (χ0) is 19.6. The smallest absolute Gasteiger partial charge is 0.331 e. The quantitative estimate of drug-likeness (QED) is 0.527. The number of rotatable bonds is 8. The second-order valence-corrected chi connectivity index (χ2v) is 6.06. The Morgan fingerprint density at radius 2 is 1.74 bits per heavy atom. The molecule has 0 aliphatic heterocycles. The lowest BCUT2D eigenvalue weighted by atomic mass is 10.2. The normalized spacial score (nSPS) is 11.8. The highest BCUT2D eigenvalue weighted by atomic mass is 16.5. The van der Waals surface area contributed by atoms with E-state index >= 15 is 0 Å². The van der Waals surface area contributed by atoms with Crippen LogP contribution in [0.25, 0.3) is 6.08 Å². The Morgan fingerprint density at radius 3 is 2.44 bits per heavy atom. The molecule has 0 fully saturated rings. The second-order valence-electron chi connectivity index (χ2n) is 6.06. The number of carbonyl (C=O) groups is 2. The molecule has 0 heterocycles. The first kappa shape index (κ1) is 20.2. The Hall–Kier alpha value is -3.08. The molecular formula is C22H25NO4. The topological polar surface area (TPSA) is 55.8 Å². The summed E-state index contributed by atoms with van der Waals surface area (Å²) in [5.41, 5.74) is 1.79. The van der Waals surface area contributed by atoms with Crippen LogP contribution in [-0.4, -0.2) is 36.5 Å². The molecule has 0 unspecified atom stereocenters. The summed E-state index contributed by atoms with van der Waals surface area (Å²) in [6.07, 6.45) is 2.06. The van der Waals surface area contributed by atoms with Crippen molar-refractivity contribution >= 4 is 18.0 Å². The summed E-state index contributed by atoms with van der Waals surface area (Å²) < 4.78 is 10.7. The van der Waals surface area contributed by atoms with Gasteiger partial charge in [0.25, 0.3) is 5.91 Å². The summed E-state index contributed by atoms with van der Waals surface area (Å²) in [6, 6.07) is 17.0. The largest absolute Gasteiger partial charge is 0.493 e. The van der Waals surface area contributed by atoms with Crippen molar-refractivity contribution in [1.29, 1.82) is 0 Å². The molecule has 0 radical (unpaired) electrons. The average Bonchev–Trinajstić information content (AvgIpc) is 2.67. The number of likely N-dealkylation sites (N-methyl/N-ethyl adjacent to an activating group) is 1. The lowest BCUT2D eigenvalue weighted by Gasteiger charge is -2.21. The third-order valence-corrected chi connectivity index (χ3v) is 3.90. The molecule has 5 heteroatoms. The van der Waals surface area contributed by atoms with E-state index in [1.54, 1.807) is 24.9 Å². The fourth-order valence-electron chi connectivity index (χ4n) is 2.57. The van der Waals surface area contributed by atoms with E-state index in [1.807, 2.05) is 61.5 Å². The summed E-state index contributed by atoms with van der Waals surface area (Å²) in [4.78, 5) is 26.0. The Labute approximate surface area is 160 Å². The molecule has 142 valence electrons. The average molecular weight is 367 g/mol. The number of para-hydroxylation sites is 1. The van der Waals surface area contributed by atoms with Crippen LogP contribution in [0.5, 0.6) is 5.75 Å². The molecule has 0 saturated carbocycles. The molecule has 0 bridgehead atoms. The number of esters is 1.